The standard InChI is InChI=1S/C15H21FN2OS/c1-10(19)11-4-6-18(7-5-11)9-13-3-2-12(15(17)20)8-14(13)16/h2-3,8,10-11,19H,4-7,9H2,1H3,(H2,17,20). The maximum atomic E-state index is 14.0. The lowest BCUT2D eigenvalue weighted by Crippen LogP contribution is -2.36. The Bertz CT molecular complexity index is 485. The molecule has 1 aromatic rings. The van der Waals surface area contributed by atoms with Crippen LogP contribution in [0, 0.1) is 11.7 Å². The largest absolute Gasteiger partial charge is 0.393 e. The Balaban J connectivity index is 1.96. The zero-order chi connectivity index (χ0) is 14.7. The van der Waals surface area contributed by atoms with E-state index >= 15 is 0 Å². The average Bonchev–Trinajstić information content (AvgIpc) is 2.41. The van der Waals surface area contributed by atoms with Gasteiger partial charge in [0, 0.05) is 17.7 Å². The highest BCUT2D eigenvalue weighted by Gasteiger charge is 2.23. The van der Waals surface area contributed by atoms with Crippen LogP contribution in [0.25, 0.3) is 0 Å². The van der Waals surface area contributed by atoms with Crippen molar-refractivity contribution in [3.63, 3.8) is 0 Å². The number of thiocarbonyl (C=S) groups is 1. The van der Waals surface area contributed by atoms with Crippen molar-refractivity contribution >= 4 is 17.2 Å². The number of piperidine rings is 1. The molecule has 0 amide bonds. The van der Waals surface area contributed by atoms with Crippen LogP contribution < -0.4 is 5.73 Å². The molecule has 2 rings (SSSR count). The monoisotopic (exact) mass is 296 g/mol. The quantitative estimate of drug-likeness (QED) is 0.835. The Hall–Kier alpha value is -1.04. The summed E-state index contributed by atoms with van der Waals surface area (Å²) in [5.41, 5.74) is 6.72. The van der Waals surface area contributed by atoms with E-state index in [4.69, 9.17) is 18.0 Å². The Labute approximate surface area is 124 Å². The van der Waals surface area contributed by atoms with E-state index in [-0.39, 0.29) is 16.9 Å². The molecule has 0 aromatic heterocycles. The van der Waals surface area contributed by atoms with Gasteiger partial charge in [-0.25, -0.2) is 4.39 Å². The first kappa shape index (κ1) is 15.4. The summed E-state index contributed by atoms with van der Waals surface area (Å²) in [5.74, 6) is 0.112. The lowest BCUT2D eigenvalue weighted by atomic mass is 9.92. The minimum absolute atomic E-state index is 0.216. The molecule has 0 radical (unpaired) electrons. The predicted octanol–water partition coefficient (Wildman–Crippen LogP) is 2.05. The minimum Gasteiger partial charge on any atom is -0.393 e. The van der Waals surface area contributed by atoms with Gasteiger partial charge in [-0.2, -0.15) is 0 Å². The van der Waals surface area contributed by atoms with Crippen LogP contribution in [0.2, 0.25) is 0 Å². The Morgan fingerprint density at radius 2 is 2.15 bits per heavy atom. The van der Waals surface area contributed by atoms with E-state index in [1.807, 2.05) is 6.92 Å². The maximum absolute atomic E-state index is 14.0. The molecular formula is C15H21FN2OS. The fourth-order valence-electron chi connectivity index (χ4n) is 2.66. The summed E-state index contributed by atoms with van der Waals surface area (Å²) in [6, 6.07) is 4.92. The summed E-state index contributed by atoms with van der Waals surface area (Å²) in [6.07, 6.45) is 1.67. The molecule has 5 heteroatoms. The third kappa shape index (κ3) is 3.75. The van der Waals surface area contributed by atoms with Gasteiger partial charge in [-0.05, 0) is 44.8 Å². The summed E-state index contributed by atoms with van der Waals surface area (Å²) < 4.78 is 14.0. The third-order valence-corrected chi connectivity index (χ3v) is 4.28. The van der Waals surface area contributed by atoms with Crippen molar-refractivity contribution in [1.29, 1.82) is 0 Å². The molecule has 1 aliphatic rings. The van der Waals surface area contributed by atoms with Crippen molar-refractivity contribution in [3.05, 3.63) is 35.1 Å². The highest BCUT2D eigenvalue weighted by Crippen LogP contribution is 2.22. The summed E-state index contributed by atoms with van der Waals surface area (Å²) in [4.78, 5) is 2.44. The second kappa shape index (κ2) is 6.61. The first-order valence-corrected chi connectivity index (χ1v) is 7.37. The number of nitrogens with two attached hydrogens (primary N) is 1. The molecule has 110 valence electrons. The molecule has 0 bridgehead atoms. The SMILES string of the molecule is CC(O)C1CCN(Cc2ccc(C(N)=S)cc2F)CC1. The van der Waals surface area contributed by atoms with E-state index < -0.39 is 0 Å². The van der Waals surface area contributed by atoms with Crippen molar-refractivity contribution in [2.75, 3.05) is 13.1 Å². The maximum Gasteiger partial charge on any atom is 0.128 e. The molecule has 1 heterocycles. The third-order valence-electron chi connectivity index (χ3n) is 4.05. The normalized spacial score (nSPS) is 18.9. The Kier molecular flexibility index (Phi) is 5.07. The summed E-state index contributed by atoms with van der Waals surface area (Å²) in [6.45, 7) is 4.22. The van der Waals surface area contributed by atoms with Gasteiger partial charge in [0.25, 0.3) is 0 Å². The van der Waals surface area contributed by atoms with Crippen LogP contribution in [0.3, 0.4) is 0 Å². The number of likely N-dealkylation sites (tertiary alicyclic amines) is 1. The van der Waals surface area contributed by atoms with Crippen molar-refractivity contribution in [1.82, 2.24) is 4.90 Å². The molecule has 1 aromatic carbocycles. The van der Waals surface area contributed by atoms with Crippen LogP contribution in [0.1, 0.15) is 30.9 Å². The molecule has 20 heavy (non-hydrogen) atoms. The lowest BCUT2D eigenvalue weighted by molar-refractivity contribution is 0.0692. The Morgan fingerprint density at radius 1 is 1.50 bits per heavy atom. The van der Waals surface area contributed by atoms with E-state index in [1.54, 1.807) is 12.1 Å². The number of hydrogen-bond acceptors (Lipinski definition) is 3. The van der Waals surface area contributed by atoms with Crippen molar-refractivity contribution < 1.29 is 9.50 Å². The van der Waals surface area contributed by atoms with E-state index in [0.29, 0.717) is 23.6 Å². The van der Waals surface area contributed by atoms with Crippen LogP contribution in [0.4, 0.5) is 4.39 Å². The van der Waals surface area contributed by atoms with Crippen molar-refractivity contribution in [2.24, 2.45) is 11.7 Å². The second-order valence-corrected chi connectivity index (χ2v) is 5.96. The van der Waals surface area contributed by atoms with Gasteiger partial charge >= 0.3 is 0 Å². The van der Waals surface area contributed by atoms with E-state index in [2.05, 4.69) is 4.90 Å². The van der Waals surface area contributed by atoms with Gasteiger partial charge in [-0.3, -0.25) is 4.90 Å². The molecule has 1 fully saturated rings. The molecular weight excluding hydrogens is 275 g/mol. The fourth-order valence-corrected chi connectivity index (χ4v) is 2.79. The van der Waals surface area contributed by atoms with E-state index in [0.717, 1.165) is 25.9 Å². The zero-order valence-electron chi connectivity index (χ0n) is 11.7. The summed E-state index contributed by atoms with van der Waals surface area (Å²) in [7, 11) is 0. The number of halogens is 1. The number of nitrogens with zero attached hydrogens (tertiary/aromatic N) is 1. The smallest absolute Gasteiger partial charge is 0.128 e. The predicted molar refractivity (Wildman–Crippen MR) is 82.0 cm³/mol. The molecule has 1 atom stereocenters. The molecule has 0 spiro atoms. The highest BCUT2D eigenvalue weighted by atomic mass is 32.1. The Morgan fingerprint density at radius 3 is 2.65 bits per heavy atom. The number of aliphatic hydroxyl groups excluding tert-OH is 1. The highest BCUT2D eigenvalue weighted by molar-refractivity contribution is 7.80. The zero-order valence-corrected chi connectivity index (χ0v) is 12.5. The van der Waals surface area contributed by atoms with Crippen LogP contribution in [0.5, 0.6) is 0 Å². The van der Waals surface area contributed by atoms with Gasteiger partial charge in [0.1, 0.15) is 10.8 Å². The molecule has 1 unspecified atom stereocenters. The van der Waals surface area contributed by atoms with Gasteiger partial charge < -0.3 is 10.8 Å². The van der Waals surface area contributed by atoms with Gasteiger partial charge in [0.2, 0.25) is 0 Å². The fraction of sp³-hybridized carbons (Fsp3) is 0.533. The topological polar surface area (TPSA) is 49.5 Å². The van der Waals surface area contributed by atoms with Crippen molar-refractivity contribution in [2.45, 2.75) is 32.4 Å². The number of rotatable bonds is 4. The molecule has 3 nitrogen and oxygen atoms in total. The van der Waals surface area contributed by atoms with Crippen molar-refractivity contribution in [3.8, 4) is 0 Å². The first-order chi connectivity index (χ1) is 9.47. The molecule has 3 N–H and O–H groups in total. The van der Waals surface area contributed by atoms with Gasteiger partial charge in [0.05, 0.1) is 6.10 Å². The second-order valence-electron chi connectivity index (χ2n) is 5.52. The summed E-state index contributed by atoms with van der Waals surface area (Å²) >= 11 is 4.84. The molecule has 0 saturated carbocycles. The molecule has 1 saturated heterocycles. The minimum atomic E-state index is -0.257. The number of aliphatic hydroxyl groups is 1. The summed E-state index contributed by atoms with van der Waals surface area (Å²) in [5, 5.41) is 9.58. The van der Waals surface area contributed by atoms with Crippen LogP contribution in [0.15, 0.2) is 18.2 Å². The van der Waals surface area contributed by atoms with E-state index in [9.17, 15) is 9.50 Å². The molecule has 0 aliphatic carbocycles. The number of benzene rings is 1. The van der Waals surface area contributed by atoms with E-state index in [1.165, 1.54) is 6.07 Å². The lowest BCUT2D eigenvalue weighted by Gasteiger charge is -2.33. The first-order valence-electron chi connectivity index (χ1n) is 6.96. The van der Waals surface area contributed by atoms with Gasteiger partial charge in [-0.1, -0.05) is 24.4 Å². The van der Waals surface area contributed by atoms with Crippen LogP contribution in [-0.2, 0) is 6.54 Å². The van der Waals surface area contributed by atoms with Crippen LogP contribution >= 0.6 is 12.2 Å². The van der Waals surface area contributed by atoms with Gasteiger partial charge in [-0.15, -0.1) is 0 Å². The average molecular weight is 296 g/mol. The molecule has 1 aliphatic heterocycles. The van der Waals surface area contributed by atoms with Gasteiger partial charge in [0.15, 0.2) is 0 Å². The van der Waals surface area contributed by atoms with Crippen LogP contribution in [-0.4, -0.2) is 34.2 Å². The number of hydrogen-bond donors (Lipinski definition) is 2.